The Morgan fingerprint density at radius 2 is 2.00 bits per heavy atom. The molecule has 1 atom stereocenters. The number of carbonyl (C=O) groups is 1. The maximum absolute atomic E-state index is 12.9. The molecule has 2 aliphatic rings. The Bertz CT molecular complexity index is 1030. The van der Waals surface area contributed by atoms with Crippen LogP contribution in [-0.4, -0.2) is 35.7 Å². The van der Waals surface area contributed by atoms with Crippen LogP contribution in [0.3, 0.4) is 0 Å². The second-order valence-corrected chi connectivity index (χ2v) is 7.43. The highest BCUT2D eigenvalue weighted by atomic mass is 16.7. The molecular weight excluding hydrogens is 384 g/mol. The van der Waals surface area contributed by atoms with Crippen molar-refractivity contribution < 1.29 is 23.4 Å². The lowest BCUT2D eigenvalue weighted by Gasteiger charge is -2.32. The van der Waals surface area contributed by atoms with E-state index in [4.69, 9.17) is 18.6 Å². The molecule has 5 rings (SSSR count). The van der Waals surface area contributed by atoms with E-state index in [0.29, 0.717) is 41.3 Å². The number of hydrogen-bond donors (Lipinski definition) is 0. The lowest BCUT2D eigenvalue weighted by atomic mass is 9.90. The van der Waals surface area contributed by atoms with Crippen LogP contribution < -0.4 is 14.2 Å². The number of likely N-dealkylation sites (tertiary alicyclic amines) is 1. The first kappa shape index (κ1) is 18.5. The molecule has 0 radical (unpaired) electrons. The summed E-state index contributed by atoms with van der Waals surface area (Å²) in [4.78, 5) is 19.1. The number of piperidine rings is 1. The molecule has 2 aromatic carbocycles. The summed E-state index contributed by atoms with van der Waals surface area (Å²) in [6.45, 7) is 1.77. The molecule has 30 heavy (non-hydrogen) atoms. The first-order valence-corrected chi connectivity index (χ1v) is 10.1. The first-order valence-electron chi connectivity index (χ1n) is 10.1. The average molecular weight is 406 g/mol. The van der Waals surface area contributed by atoms with Crippen LogP contribution in [0.15, 0.2) is 59.2 Å². The van der Waals surface area contributed by atoms with Crippen molar-refractivity contribution in [3.05, 3.63) is 71.9 Å². The Labute approximate surface area is 174 Å². The van der Waals surface area contributed by atoms with Gasteiger partial charge in [-0.3, -0.25) is 4.79 Å². The van der Waals surface area contributed by atoms with Gasteiger partial charge < -0.3 is 23.5 Å². The number of rotatable bonds is 5. The van der Waals surface area contributed by atoms with E-state index in [1.807, 2.05) is 23.1 Å². The lowest BCUT2D eigenvalue weighted by molar-refractivity contribution is 0.0701. The predicted octanol–water partition coefficient (Wildman–Crippen LogP) is 4.00. The minimum Gasteiger partial charge on any atom is -0.484 e. The number of fused-ring (bicyclic) bond motifs is 1. The molecule has 1 aromatic heterocycles. The van der Waals surface area contributed by atoms with Gasteiger partial charge in [0.1, 0.15) is 12.0 Å². The Hall–Kier alpha value is -3.48. The summed E-state index contributed by atoms with van der Waals surface area (Å²) in [5, 5.41) is 0. The van der Waals surface area contributed by atoms with Crippen LogP contribution in [0.25, 0.3) is 0 Å². The SMILES string of the molecule is O=C(c1coc(COc2ccc3c(c2)OCO3)n1)N1CCC[C@H](c2ccccc2)C1. The van der Waals surface area contributed by atoms with Crippen LogP contribution in [0.5, 0.6) is 17.2 Å². The van der Waals surface area contributed by atoms with Crippen molar-refractivity contribution in [2.75, 3.05) is 19.9 Å². The Balaban J connectivity index is 1.21. The van der Waals surface area contributed by atoms with Gasteiger partial charge in [-0.1, -0.05) is 30.3 Å². The number of benzene rings is 2. The third-order valence-corrected chi connectivity index (χ3v) is 5.46. The fourth-order valence-corrected chi connectivity index (χ4v) is 3.91. The summed E-state index contributed by atoms with van der Waals surface area (Å²) in [5.74, 6) is 2.56. The van der Waals surface area contributed by atoms with Crippen LogP contribution in [0.4, 0.5) is 0 Å². The highest BCUT2D eigenvalue weighted by Gasteiger charge is 2.27. The van der Waals surface area contributed by atoms with Gasteiger partial charge in [-0.05, 0) is 30.5 Å². The van der Waals surface area contributed by atoms with Gasteiger partial charge in [0.05, 0.1) is 0 Å². The van der Waals surface area contributed by atoms with E-state index in [0.717, 1.165) is 19.4 Å². The van der Waals surface area contributed by atoms with Gasteiger partial charge >= 0.3 is 0 Å². The number of ether oxygens (including phenoxy) is 3. The third-order valence-electron chi connectivity index (χ3n) is 5.46. The van der Waals surface area contributed by atoms with E-state index in [9.17, 15) is 4.79 Å². The molecule has 1 amide bonds. The van der Waals surface area contributed by atoms with Crippen LogP contribution in [0.2, 0.25) is 0 Å². The van der Waals surface area contributed by atoms with E-state index in [1.165, 1.54) is 11.8 Å². The third kappa shape index (κ3) is 3.83. The molecular formula is C23H22N2O5. The quantitative estimate of drug-likeness (QED) is 0.638. The molecule has 0 N–H and O–H groups in total. The van der Waals surface area contributed by atoms with Crippen molar-refractivity contribution in [1.29, 1.82) is 0 Å². The monoisotopic (exact) mass is 406 g/mol. The van der Waals surface area contributed by atoms with Crippen molar-refractivity contribution in [3.8, 4) is 17.2 Å². The normalized spacial score (nSPS) is 17.7. The summed E-state index contributed by atoms with van der Waals surface area (Å²) < 4.78 is 21.8. The maximum Gasteiger partial charge on any atom is 0.275 e. The van der Waals surface area contributed by atoms with E-state index >= 15 is 0 Å². The van der Waals surface area contributed by atoms with E-state index in [2.05, 4.69) is 17.1 Å². The minimum atomic E-state index is -0.103. The molecule has 0 spiro atoms. The Morgan fingerprint density at radius 3 is 2.90 bits per heavy atom. The fourth-order valence-electron chi connectivity index (χ4n) is 3.91. The van der Waals surface area contributed by atoms with Crippen LogP contribution in [-0.2, 0) is 6.61 Å². The van der Waals surface area contributed by atoms with Crippen molar-refractivity contribution in [3.63, 3.8) is 0 Å². The topological polar surface area (TPSA) is 74.0 Å². The van der Waals surface area contributed by atoms with Crippen LogP contribution >= 0.6 is 0 Å². The zero-order valence-electron chi connectivity index (χ0n) is 16.5. The highest BCUT2D eigenvalue weighted by molar-refractivity contribution is 5.92. The molecule has 7 nitrogen and oxygen atoms in total. The summed E-state index contributed by atoms with van der Waals surface area (Å²) in [6.07, 6.45) is 3.47. The molecule has 0 saturated carbocycles. The van der Waals surface area contributed by atoms with Gasteiger partial charge in [-0.15, -0.1) is 0 Å². The fraction of sp³-hybridized carbons (Fsp3) is 0.304. The molecule has 3 aromatic rings. The number of amides is 1. The summed E-state index contributed by atoms with van der Waals surface area (Å²) >= 11 is 0. The number of nitrogens with zero attached hydrogens (tertiary/aromatic N) is 2. The summed E-state index contributed by atoms with van der Waals surface area (Å²) in [7, 11) is 0. The molecule has 154 valence electrons. The van der Waals surface area contributed by atoms with E-state index in [-0.39, 0.29) is 19.3 Å². The van der Waals surface area contributed by atoms with E-state index in [1.54, 1.807) is 18.2 Å². The van der Waals surface area contributed by atoms with Crippen molar-refractivity contribution >= 4 is 5.91 Å². The van der Waals surface area contributed by atoms with Gasteiger partial charge in [0.15, 0.2) is 23.8 Å². The molecule has 1 fully saturated rings. The second kappa shape index (κ2) is 8.10. The number of aromatic nitrogens is 1. The van der Waals surface area contributed by atoms with Gasteiger partial charge in [-0.2, -0.15) is 0 Å². The first-order chi connectivity index (χ1) is 14.8. The standard InChI is InChI=1S/C23H22N2O5/c26-23(25-10-4-7-17(12-25)16-5-2-1-3-6-16)19-13-28-22(24-19)14-27-18-8-9-20-21(11-18)30-15-29-20/h1-3,5-6,8-9,11,13,17H,4,7,10,12,14-15H2/t17-/m0/s1. The summed E-state index contributed by atoms with van der Waals surface area (Å²) in [6, 6.07) is 15.7. The van der Waals surface area contributed by atoms with E-state index < -0.39 is 0 Å². The van der Waals surface area contributed by atoms with Crippen molar-refractivity contribution in [1.82, 2.24) is 9.88 Å². The van der Waals surface area contributed by atoms with Gasteiger partial charge in [-0.25, -0.2) is 4.98 Å². The van der Waals surface area contributed by atoms with Crippen LogP contribution in [0.1, 0.15) is 40.7 Å². The number of carbonyl (C=O) groups excluding carboxylic acids is 1. The number of hydrogen-bond acceptors (Lipinski definition) is 6. The smallest absolute Gasteiger partial charge is 0.275 e. The molecule has 1 saturated heterocycles. The predicted molar refractivity (Wildman–Crippen MR) is 108 cm³/mol. The molecule has 0 aliphatic carbocycles. The lowest BCUT2D eigenvalue weighted by Crippen LogP contribution is -2.39. The largest absolute Gasteiger partial charge is 0.484 e. The molecule has 7 heteroatoms. The Kier molecular flexibility index (Phi) is 5.01. The molecule has 0 bridgehead atoms. The van der Waals surface area contributed by atoms with Crippen molar-refractivity contribution in [2.45, 2.75) is 25.4 Å². The zero-order chi connectivity index (χ0) is 20.3. The highest BCUT2D eigenvalue weighted by Crippen LogP contribution is 2.35. The minimum absolute atomic E-state index is 0.103. The number of oxazole rings is 1. The van der Waals surface area contributed by atoms with Gasteiger partial charge in [0.2, 0.25) is 12.7 Å². The summed E-state index contributed by atoms with van der Waals surface area (Å²) in [5.41, 5.74) is 1.58. The van der Waals surface area contributed by atoms with Gasteiger partial charge in [0, 0.05) is 25.1 Å². The molecule has 0 unspecified atom stereocenters. The van der Waals surface area contributed by atoms with Crippen molar-refractivity contribution in [2.24, 2.45) is 0 Å². The molecule has 3 heterocycles. The van der Waals surface area contributed by atoms with Crippen LogP contribution in [0, 0.1) is 0 Å². The molecule has 2 aliphatic heterocycles. The average Bonchev–Trinajstić information content (AvgIpc) is 3.47. The zero-order valence-corrected chi connectivity index (χ0v) is 16.5. The second-order valence-electron chi connectivity index (χ2n) is 7.43. The Morgan fingerprint density at radius 1 is 1.13 bits per heavy atom. The van der Waals surface area contributed by atoms with Gasteiger partial charge in [0.25, 0.3) is 5.91 Å². The maximum atomic E-state index is 12.9.